The highest BCUT2D eigenvalue weighted by Gasteiger charge is 2.19. The molecule has 2 amide bonds. The van der Waals surface area contributed by atoms with Crippen LogP contribution in [-0.2, 0) is 18.4 Å². The Balaban J connectivity index is 1.91. The molecule has 3 aromatic rings. The van der Waals surface area contributed by atoms with E-state index in [4.69, 9.17) is 5.73 Å². The van der Waals surface area contributed by atoms with E-state index in [0.717, 1.165) is 16.3 Å². The molecule has 0 atom stereocenters. The summed E-state index contributed by atoms with van der Waals surface area (Å²) >= 11 is 1.09. The fourth-order valence-corrected chi connectivity index (χ4v) is 3.98. The van der Waals surface area contributed by atoms with Crippen LogP contribution in [0, 0.1) is 12.8 Å². The van der Waals surface area contributed by atoms with Gasteiger partial charge >= 0.3 is 5.69 Å². The zero-order chi connectivity index (χ0) is 23.6. The lowest BCUT2D eigenvalue weighted by Crippen LogP contribution is -2.39. The quantitative estimate of drug-likeness (QED) is 0.403. The minimum atomic E-state index is -0.554. The molecule has 32 heavy (non-hydrogen) atoms. The van der Waals surface area contributed by atoms with Gasteiger partial charge in [-0.2, -0.15) is 0 Å². The maximum absolute atomic E-state index is 12.9. The average molecular weight is 457 g/mol. The largest absolute Gasteiger partial charge is 0.366 e. The van der Waals surface area contributed by atoms with Crippen molar-refractivity contribution in [1.29, 1.82) is 0 Å². The predicted molar refractivity (Wildman–Crippen MR) is 123 cm³/mol. The van der Waals surface area contributed by atoms with Gasteiger partial charge in [0, 0.05) is 24.8 Å². The van der Waals surface area contributed by atoms with E-state index in [1.807, 2.05) is 13.8 Å². The molecule has 0 radical (unpaired) electrons. The number of aromatic nitrogens is 4. The van der Waals surface area contributed by atoms with Crippen molar-refractivity contribution in [2.75, 3.05) is 11.1 Å². The summed E-state index contributed by atoms with van der Waals surface area (Å²) in [4.78, 5) is 57.8. The third kappa shape index (κ3) is 4.88. The van der Waals surface area contributed by atoms with Crippen molar-refractivity contribution in [3.05, 3.63) is 56.5 Å². The molecular weight excluding hydrogens is 432 g/mol. The molecule has 0 aliphatic carbocycles. The second-order valence-corrected chi connectivity index (χ2v) is 8.67. The number of hydrogen-bond donors (Lipinski definition) is 2. The number of thioether (sulfide) groups is 1. The van der Waals surface area contributed by atoms with Gasteiger partial charge in [-0.3, -0.25) is 23.5 Å². The van der Waals surface area contributed by atoms with Crippen molar-refractivity contribution in [2.24, 2.45) is 18.7 Å². The molecule has 1 aromatic carbocycles. The lowest BCUT2D eigenvalue weighted by molar-refractivity contribution is -0.113. The van der Waals surface area contributed by atoms with Crippen LogP contribution in [0.1, 0.15) is 30.0 Å². The molecular formula is C21H24N6O4S. The molecule has 0 saturated carbocycles. The Morgan fingerprint density at radius 3 is 2.41 bits per heavy atom. The van der Waals surface area contributed by atoms with Crippen molar-refractivity contribution < 1.29 is 9.59 Å². The van der Waals surface area contributed by atoms with Crippen molar-refractivity contribution in [3.8, 4) is 0 Å². The first-order chi connectivity index (χ1) is 15.1. The number of fused-ring (bicyclic) bond motifs is 1. The highest BCUT2D eigenvalue weighted by molar-refractivity contribution is 8.00. The Kier molecular flexibility index (Phi) is 6.78. The predicted octanol–water partition coefficient (Wildman–Crippen LogP) is 1.28. The molecule has 0 aliphatic rings. The molecule has 168 valence electrons. The minimum Gasteiger partial charge on any atom is -0.366 e. The first kappa shape index (κ1) is 23.2. The maximum atomic E-state index is 12.9. The van der Waals surface area contributed by atoms with E-state index in [1.165, 1.54) is 23.7 Å². The summed E-state index contributed by atoms with van der Waals surface area (Å²) in [5.74, 6) is -0.338. The number of rotatable bonds is 7. The van der Waals surface area contributed by atoms with Crippen LogP contribution in [0.2, 0.25) is 0 Å². The van der Waals surface area contributed by atoms with Crippen LogP contribution >= 0.6 is 11.8 Å². The van der Waals surface area contributed by atoms with Crippen LogP contribution in [0.15, 0.2) is 38.9 Å². The fraction of sp³-hybridized carbons (Fsp3) is 0.333. The lowest BCUT2D eigenvalue weighted by atomic mass is 10.2. The lowest BCUT2D eigenvalue weighted by Gasteiger charge is -2.15. The molecule has 0 bridgehead atoms. The first-order valence-corrected chi connectivity index (χ1v) is 10.9. The average Bonchev–Trinajstić information content (AvgIpc) is 2.73. The van der Waals surface area contributed by atoms with E-state index in [-0.39, 0.29) is 28.6 Å². The fourth-order valence-electron chi connectivity index (χ4n) is 3.12. The standard InChI is InChI=1S/C21H24N6O4S/c1-11(2)9-27-18-16(20(30)26(4)21(27)31)19(24-12(3)23-18)32-10-15(28)25-14-7-5-13(6-8-14)17(22)29/h5-8,11H,9-10H2,1-4H3,(H2,22,29)(H,25,28). The number of hydrogen-bond acceptors (Lipinski definition) is 7. The number of nitrogens with one attached hydrogen (secondary N) is 1. The first-order valence-electron chi connectivity index (χ1n) is 9.89. The molecule has 2 heterocycles. The number of nitrogens with two attached hydrogens (primary N) is 1. The van der Waals surface area contributed by atoms with Gasteiger partial charge in [-0.15, -0.1) is 0 Å². The van der Waals surface area contributed by atoms with Crippen LogP contribution in [0.5, 0.6) is 0 Å². The van der Waals surface area contributed by atoms with Gasteiger partial charge < -0.3 is 11.1 Å². The third-order valence-electron chi connectivity index (χ3n) is 4.60. The highest BCUT2D eigenvalue weighted by Crippen LogP contribution is 2.23. The molecule has 0 fully saturated rings. The Labute approximate surface area is 187 Å². The highest BCUT2D eigenvalue weighted by atomic mass is 32.2. The Morgan fingerprint density at radius 1 is 1.16 bits per heavy atom. The summed E-state index contributed by atoms with van der Waals surface area (Å²) in [7, 11) is 1.41. The van der Waals surface area contributed by atoms with E-state index in [1.54, 1.807) is 19.1 Å². The smallest absolute Gasteiger partial charge is 0.332 e. The normalized spacial score (nSPS) is 11.2. The number of amides is 2. The molecule has 11 heteroatoms. The molecule has 3 rings (SSSR count). The van der Waals surface area contributed by atoms with E-state index in [9.17, 15) is 19.2 Å². The van der Waals surface area contributed by atoms with Crippen molar-refractivity contribution in [3.63, 3.8) is 0 Å². The zero-order valence-electron chi connectivity index (χ0n) is 18.2. The minimum absolute atomic E-state index is 0.0183. The molecule has 0 spiro atoms. The Bertz CT molecular complexity index is 1310. The molecule has 10 nitrogen and oxygen atoms in total. The van der Waals surface area contributed by atoms with Gasteiger partial charge in [0.25, 0.3) is 5.56 Å². The van der Waals surface area contributed by atoms with Gasteiger partial charge in [-0.25, -0.2) is 14.8 Å². The number of carbonyl (C=O) groups is 2. The molecule has 0 saturated heterocycles. The molecule has 3 N–H and O–H groups in total. The Morgan fingerprint density at radius 2 is 1.81 bits per heavy atom. The molecule has 0 aliphatic heterocycles. The number of benzene rings is 1. The summed E-state index contributed by atoms with van der Waals surface area (Å²) in [6.45, 7) is 6.00. The SMILES string of the molecule is Cc1nc(SCC(=O)Nc2ccc(C(N)=O)cc2)c2c(=O)n(C)c(=O)n(CC(C)C)c2n1. The van der Waals surface area contributed by atoms with Crippen molar-refractivity contribution >= 4 is 40.3 Å². The number of primary amides is 1. The van der Waals surface area contributed by atoms with Gasteiger partial charge in [0.2, 0.25) is 11.8 Å². The third-order valence-corrected chi connectivity index (χ3v) is 5.58. The van der Waals surface area contributed by atoms with E-state index < -0.39 is 17.2 Å². The van der Waals surface area contributed by atoms with Gasteiger partial charge in [0.1, 0.15) is 16.2 Å². The summed E-state index contributed by atoms with van der Waals surface area (Å²) in [5, 5.41) is 3.27. The number of anilines is 1. The van der Waals surface area contributed by atoms with E-state index in [0.29, 0.717) is 28.6 Å². The van der Waals surface area contributed by atoms with Crippen molar-refractivity contribution in [1.82, 2.24) is 19.1 Å². The second-order valence-electron chi connectivity index (χ2n) is 7.70. The van der Waals surface area contributed by atoms with Crippen molar-refractivity contribution in [2.45, 2.75) is 32.3 Å². The number of aryl methyl sites for hydroxylation is 1. The van der Waals surface area contributed by atoms with Crippen LogP contribution in [0.25, 0.3) is 11.0 Å². The second kappa shape index (κ2) is 9.35. The van der Waals surface area contributed by atoms with E-state index >= 15 is 0 Å². The van der Waals surface area contributed by atoms with Gasteiger partial charge in [-0.1, -0.05) is 25.6 Å². The topological polar surface area (TPSA) is 142 Å². The van der Waals surface area contributed by atoms with E-state index in [2.05, 4.69) is 15.3 Å². The number of carbonyl (C=O) groups excluding carboxylic acids is 2. The summed E-state index contributed by atoms with van der Waals surface area (Å²) in [5.41, 5.74) is 5.38. The van der Waals surface area contributed by atoms with Crippen LogP contribution in [-0.4, -0.2) is 36.7 Å². The monoisotopic (exact) mass is 456 g/mol. The van der Waals surface area contributed by atoms with Crippen LogP contribution in [0.3, 0.4) is 0 Å². The van der Waals surface area contributed by atoms with Gasteiger partial charge in [0.15, 0.2) is 5.65 Å². The Hall–Kier alpha value is -3.47. The van der Waals surface area contributed by atoms with Crippen LogP contribution in [0.4, 0.5) is 5.69 Å². The molecule has 0 unspecified atom stereocenters. The number of nitrogens with zero attached hydrogens (tertiary/aromatic N) is 4. The van der Waals surface area contributed by atoms with Gasteiger partial charge in [-0.05, 0) is 37.1 Å². The van der Waals surface area contributed by atoms with Gasteiger partial charge in [0.05, 0.1) is 5.75 Å². The maximum Gasteiger partial charge on any atom is 0.332 e. The summed E-state index contributed by atoms with van der Waals surface area (Å²) < 4.78 is 2.51. The molecule has 2 aromatic heterocycles. The zero-order valence-corrected chi connectivity index (χ0v) is 19.0. The summed E-state index contributed by atoms with van der Waals surface area (Å²) in [6, 6.07) is 6.19. The summed E-state index contributed by atoms with van der Waals surface area (Å²) in [6.07, 6.45) is 0. The van der Waals surface area contributed by atoms with Crippen LogP contribution < -0.4 is 22.3 Å².